The Morgan fingerprint density at radius 3 is 2.76 bits per heavy atom. The molecule has 10 heteroatoms. The average Bonchev–Trinajstić information content (AvgIpc) is 2.94. The molecule has 1 saturated heterocycles. The number of hydrogen-bond acceptors (Lipinski definition) is 8. The molecule has 2 aliphatic rings. The van der Waals surface area contributed by atoms with E-state index in [0.29, 0.717) is 56.6 Å². The molecule has 0 radical (unpaired) electrons. The van der Waals surface area contributed by atoms with Crippen LogP contribution in [-0.2, 0) is 14.3 Å². The third-order valence-electron chi connectivity index (χ3n) is 7.23. The molecule has 1 saturated carbocycles. The Balaban J connectivity index is 1.36. The number of nitriles is 1. The van der Waals surface area contributed by atoms with E-state index in [1.807, 2.05) is 24.3 Å². The summed E-state index contributed by atoms with van der Waals surface area (Å²) in [4.78, 5) is 21.6. The van der Waals surface area contributed by atoms with Crippen molar-refractivity contribution >= 4 is 29.1 Å². The SMILES string of the molecule is COCCNC(=O)[C@H]1CC[C@H](Nc2cc(-c3cccc(NCC4(C#N)CCOCC4)n3)c(Cl)cn2)CC1. The predicted molar refractivity (Wildman–Crippen MR) is 143 cm³/mol. The molecule has 2 aromatic heterocycles. The minimum atomic E-state index is -0.440. The number of hydrogen-bond donors (Lipinski definition) is 3. The van der Waals surface area contributed by atoms with E-state index in [2.05, 4.69) is 27.0 Å². The fourth-order valence-electron chi connectivity index (χ4n) is 4.88. The van der Waals surface area contributed by atoms with E-state index < -0.39 is 5.41 Å². The van der Waals surface area contributed by atoms with E-state index in [-0.39, 0.29) is 17.9 Å². The Morgan fingerprint density at radius 1 is 1.24 bits per heavy atom. The number of halogens is 1. The van der Waals surface area contributed by atoms with Crippen LogP contribution in [0.4, 0.5) is 11.6 Å². The van der Waals surface area contributed by atoms with Crippen LogP contribution in [0.15, 0.2) is 30.5 Å². The zero-order valence-electron chi connectivity index (χ0n) is 21.3. The summed E-state index contributed by atoms with van der Waals surface area (Å²) < 4.78 is 10.4. The van der Waals surface area contributed by atoms with Crippen LogP contribution in [-0.4, -0.2) is 61.9 Å². The lowest BCUT2D eigenvalue weighted by Crippen LogP contribution is -2.37. The standard InChI is InChI=1S/C27H35ClN6O3/c1-36-14-11-30-26(35)19-5-7-20(8-6-19)33-25-15-21(22(28)16-31-25)23-3-2-4-24(34-23)32-18-27(17-29)9-12-37-13-10-27/h2-4,15-16,19-20H,5-14,18H2,1H3,(H,30,35)(H,31,33)(H,32,34)/t19-,20-. The number of anilines is 2. The van der Waals surface area contributed by atoms with Crippen molar-refractivity contribution in [3.8, 4) is 17.3 Å². The van der Waals surface area contributed by atoms with Crippen LogP contribution < -0.4 is 16.0 Å². The van der Waals surface area contributed by atoms with E-state index in [9.17, 15) is 10.1 Å². The fraction of sp³-hybridized carbons (Fsp3) is 0.556. The van der Waals surface area contributed by atoms with E-state index in [1.54, 1.807) is 13.3 Å². The molecule has 1 aliphatic heterocycles. The fourth-order valence-corrected chi connectivity index (χ4v) is 5.08. The van der Waals surface area contributed by atoms with Crippen LogP contribution in [0.1, 0.15) is 38.5 Å². The highest BCUT2D eigenvalue weighted by atomic mass is 35.5. The van der Waals surface area contributed by atoms with Gasteiger partial charge in [-0.2, -0.15) is 5.26 Å². The molecule has 0 bridgehead atoms. The van der Waals surface area contributed by atoms with Gasteiger partial charge in [-0.25, -0.2) is 9.97 Å². The molecule has 0 atom stereocenters. The number of amides is 1. The Hall–Kier alpha value is -2.93. The number of methoxy groups -OCH3 is 1. The van der Waals surface area contributed by atoms with Crippen molar-refractivity contribution in [3.63, 3.8) is 0 Å². The summed E-state index contributed by atoms with van der Waals surface area (Å²) in [5.74, 6) is 1.59. The van der Waals surface area contributed by atoms with Crippen molar-refractivity contribution in [1.29, 1.82) is 5.26 Å². The lowest BCUT2D eigenvalue weighted by Gasteiger charge is -2.30. The monoisotopic (exact) mass is 526 g/mol. The first kappa shape index (κ1) is 27.1. The maximum absolute atomic E-state index is 12.3. The minimum Gasteiger partial charge on any atom is -0.383 e. The molecule has 0 aromatic carbocycles. The first-order chi connectivity index (χ1) is 18.0. The van der Waals surface area contributed by atoms with Crippen LogP contribution in [0.5, 0.6) is 0 Å². The molecule has 9 nitrogen and oxygen atoms in total. The molecule has 0 unspecified atom stereocenters. The number of nitrogens with one attached hydrogen (secondary N) is 3. The van der Waals surface area contributed by atoms with Crippen molar-refractivity contribution in [2.45, 2.75) is 44.6 Å². The molecule has 2 aromatic rings. The highest BCUT2D eigenvalue weighted by molar-refractivity contribution is 6.33. The molecular weight excluding hydrogens is 492 g/mol. The first-order valence-electron chi connectivity index (χ1n) is 12.9. The Bertz CT molecular complexity index is 1090. The van der Waals surface area contributed by atoms with Gasteiger partial charge in [0.1, 0.15) is 11.6 Å². The lowest BCUT2D eigenvalue weighted by molar-refractivity contribution is -0.126. The second kappa shape index (κ2) is 13.0. The molecular formula is C27H35ClN6O3. The van der Waals surface area contributed by atoms with Crippen molar-refractivity contribution in [3.05, 3.63) is 35.5 Å². The van der Waals surface area contributed by atoms with Crippen LogP contribution >= 0.6 is 11.6 Å². The summed E-state index contributed by atoms with van der Waals surface area (Å²) >= 11 is 6.51. The van der Waals surface area contributed by atoms with Gasteiger partial charge < -0.3 is 25.4 Å². The highest BCUT2D eigenvalue weighted by Crippen LogP contribution is 2.32. The van der Waals surface area contributed by atoms with Gasteiger partial charge in [0.2, 0.25) is 5.91 Å². The van der Waals surface area contributed by atoms with Gasteiger partial charge in [-0.15, -0.1) is 0 Å². The molecule has 1 amide bonds. The predicted octanol–water partition coefficient (Wildman–Crippen LogP) is 4.26. The number of rotatable bonds is 10. The number of aromatic nitrogens is 2. The van der Waals surface area contributed by atoms with Crippen molar-refractivity contribution in [2.75, 3.05) is 50.7 Å². The van der Waals surface area contributed by atoms with Crippen molar-refractivity contribution < 1.29 is 14.3 Å². The minimum absolute atomic E-state index is 0.0457. The van der Waals surface area contributed by atoms with E-state index in [4.69, 9.17) is 26.1 Å². The van der Waals surface area contributed by atoms with Crippen LogP contribution in [0, 0.1) is 22.7 Å². The zero-order valence-corrected chi connectivity index (χ0v) is 22.0. The van der Waals surface area contributed by atoms with Gasteiger partial charge in [-0.1, -0.05) is 17.7 Å². The first-order valence-corrected chi connectivity index (χ1v) is 13.3. The lowest BCUT2D eigenvalue weighted by atomic mass is 9.82. The second-order valence-corrected chi connectivity index (χ2v) is 10.2. The summed E-state index contributed by atoms with van der Waals surface area (Å²) in [6.07, 6.45) is 6.52. The highest BCUT2D eigenvalue weighted by Gasteiger charge is 2.32. The summed E-state index contributed by atoms with van der Waals surface area (Å²) in [7, 11) is 1.63. The van der Waals surface area contributed by atoms with E-state index in [1.165, 1.54) is 0 Å². The molecule has 198 valence electrons. The van der Waals surface area contributed by atoms with Crippen molar-refractivity contribution in [2.24, 2.45) is 11.3 Å². The number of carbonyl (C=O) groups excluding carboxylic acids is 1. The molecule has 37 heavy (non-hydrogen) atoms. The summed E-state index contributed by atoms with van der Waals surface area (Å²) in [6, 6.07) is 10.4. The topological polar surface area (TPSA) is 121 Å². The number of nitrogens with zero attached hydrogens (tertiary/aromatic N) is 3. The van der Waals surface area contributed by atoms with Crippen LogP contribution in [0.2, 0.25) is 5.02 Å². The van der Waals surface area contributed by atoms with Gasteiger partial charge in [0.05, 0.1) is 28.8 Å². The third kappa shape index (κ3) is 7.31. The number of carbonyl (C=O) groups is 1. The average molecular weight is 527 g/mol. The Morgan fingerprint density at radius 2 is 2.03 bits per heavy atom. The molecule has 1 aliphatic carbocycles. The quantitative estimate of drug-likeness (QED) is 0.392. The summed E-state index contributed by atoms with van der Waals surface area (Å²) in [5, 5.41) is 20.0. The van der Waals surface area contributed by atoms with E-state index in [0.717, 1.165) is 42.8 Å². The normalized spacial score (nSPS) is 21.0. The molecule has 0 spiro atoms. The van der Waals surface area contributed by atoms with Crippen LogP contribution in [0.25, 0.3) is 11.3 Å². The molecule has 4 rings (SSSR count). The zero-order chi connectivity index (χ0) is 26.1. The molecule has 3 N–H and O–H groups in total. The number of ether oxygens (including phenoxy) is 2. The third-order valence-corrected chi connectivity index (χ3v) is 7.53. The van der Waals surface area contributed by atoms with Crippen molar-refractivity contribution in [1.82, 2.24) is 15.3 Å². The maximum Gasteiger partial charge on any atom is 0.223 e. The summed E-state index contributed by atoms with van der Waals surface area (Å²) in [5.41, 5.74) is 1.08. The van der Waals surface area contributed by atoms with Gasteiger partial charge in [0, 0.05) is 57.1 Å². The van der Waals surface area contributed by atoms with E-state index >= 15 is 0 Å². The largest absolute Gasteiger partial charge is 0.383 e. The maximum atomic E-state index is 12.3. The van der Waals surface area contributed by atoms with Gasteiger partial charge in [0.15, 0.2) is 0 Å². The Kier molecular flexibility index (Phi) is 9.56. The Labute approximate surface area is 223 Å². The number of pyridine rings is 2. The van der Waals surface area contributed by atoms with Crippen LogP contribution in [0.3, 0.4) is 0 Å². The second-order valence-electron chi connectivity index (χ2n) is 9.79. The molecule has 3 heterocycles. The van der Waals surface area contributed by atoms with Gasteiger partial charge in [0.25, 0.3) is 0 Å². The smallest absolute Gasteiger partial charge is 0.223 e. The van der Waals surface area contributed by atoms with Gasteiger partial charge >= 0.3 is 0 Å². The van der Waals surface area contributed by atoms with Gasteiger partial charge in [-0.05, 0) is 56.7 Å². The van der Waals surface area contributed by atoms with Gasteiger partial charge in [-0.3, -0.25) is 4.79 Å². The molecule has 2 fully saturated rings. The summed E-state index contributed by atoms with van der Waals surface area (Å²) in [6.45, 7) is 2.80.